The highest BCUT2D eigenvalue weighted by molar-refractivity contribution is 7.92. The molecule has 3 heterocycles. The number of aromatic nitrogens is 3. The minimum absolute atomic E-state index is 0.129. The summed E-state index contributed by atoms with van der Waals surface area (Å²) in [5.41, 5.74) is 2.71. The van der Waals surface area contributed by atoms with Crippen molar-refractivity contribution in [2.75, 3.05) is 10.0 Å². The molecule has 154 valence electrons. The fraction of sp³-hybridized carbons (Fsp3) is 0.286. The summed E-state index contributed by atoms with van der Waals surface area (Å²) in [7, 11) is -3.76. The maximum Gasteiger partial charge on any atom is 0.261 e. The molecule has 1 amide bonds. The SMILES string of the molecule is O=C1Cc2cc(S(=O)(=O)Nc3ccc(-c4nnc5n4CCCCC5)cc3)ccc2N1. The van der Waals surface area contributed by atoms with Crippen LogP contribution in [0.25, 0.3) is 11.4 Å². The highest BCUT2D eigenvalue weighted by atomic mass is 32.2. The van der Waals surface area contributed by atoms with Gasteiger partial charge in [0.2, 0.25) is 5.91 Å². The minimum Gasteiger partial charge on any atom is -0.326 e. The van der Waals surface area contributed by atoms with E-state index in [1.54, 1.807) is 18.2 Å². The number of amides is 1. The molecule has 1 aromatic heterocycles. The van der Waals surface area contributed by atoms with Crippen LogP contribution in [0.4, 0.5) is 11.4 Å². The summed E-state index contributed by atoms with van der Waals surface area (Å²) >= 11 is 0. The first-order valence-corrected chi connectivity index (χ1v) is 11.5. The lowest BCUT2D eigenvalue weighted by atomic mass is 10.2. The lowest BCUT2D eigenvalue weighted by molar-refractivity contribution is -0.115. The molecule has 9 heteroatoms. The largest absolute Gasteiger partial charge is 0.326 e. The zero-order valence-electron chi connectivity index (χ0n) is 16.3. The van der Waals surface area contributed by atoms with E-state index in [0.29, 0.717) is 16.9 Å². The Kier molecular flexibility index (Phi) is 4.54. The van der Waals surface area contributed by atoms with Gasteiger partial charge in [0.15, 0.2) is 5.82 Å². The Bertz CT molecular complexity index is 1230. The molecule has 0 bridgehead atoms. The number of nitrogens with zero attached hydrogens (tertiary/aromatic N) is 3. The van der Waals surface area contributed by atoms with Gasteiger partial charge in [-0.1, -0.05) is 6.42 Å². The molecule has 0 unspecified atom stereocenters. The van der Waals surface area contributed by atoms with E-state index in [0.717, 1.165) is 43.0 Å². The number of benzene rings is 2. The maximum atomic E-state index is 12.8. The fourth-order valence-corrected chi connectivity index (χ4v) is 5.08. The summed E-state index contributed by atoms with van der Waals surface area (Å²) in [6.45, 7) is 0.905. The van der Waals surface area contributed by atoms with Crippen LogP contribution in [0.3, 0.4) is 0 Å². The molecule has 0 saturated carbocycles. The zero-order valence-corrected chi connectivity index (χ0v) is 17.1. The highest BCUT2D eigenvalue weighted by Gasteiger charge is 2.22. The average Bonchev–Trinajstić information content (AvgIpc) is 3.22. The van der Waals surface area contributed by atoms with Gasteiger partial charge in [0, 0.05) is 29.9 Å². The van der Waals surface area contributed by atoms with E-state index in [4.69, 9.17) is 0 Å². The van der Waals surface area contributed by atoms with Crippen molar-refractivity contribution in [3.8, 4) is 11.4 Å². The van der Waals surface area contributed by atoms with Crippen LogP contribution in [0, 0.1) is 0 Å². The fourth-order valence-electron chi connectivity index (χ4n) is 3.97. The number of aryl methyl sites for hydroxylation is 1. The Morgan fingerprint density at radius 2 is 1.83 bits per heavy atom. The van der Waals surface area contributed by atoms with Crippen LogP contribution in [-0.2, 0) is 34.2 Å². The van der Waals surface area contributed by atoms with E-state index in [9.17, 15) is 13.2 Å². The monoisotopic (exact) mass is 423 g/mol. The van der Waals surface area contributed by atoms with Crippen molar-refractivity contribution in [3.63, 3.8) is 0 Å². The molecule has 0 aliphatic carbocycles. The maximum absolute atomic E-state index is 12.8. The standard InChI is InChI=1S/C21H21N5O3S/c27-20-13-15-12-17(9-10-18(15)22-20)30(28,29)25-16-7-5-14(6-8-16)21-24-23-19-4-2-1-3-11-26(19)21/h5-10,12,25H,1-4,11,13H2,(H,22,27). The first kappa shape index (κ1) is 18.8. The molecule has 2 aliphatic rings. The number of carbonyl (C=O) groups excluding carboxylic acids is 1. The van der Waals surface area contributed by atoms with Crippen molar-refractivity contribution in [2.24, 2.45) is 0 Å². The predicted molar refractivity (Wildman–Crippen MR) is 113 cm³/mol. The van der Waals surface area contributed by atoms with Crippen LogP contribution < -0.4 is 10.0 Å². The number of carbonyl (C=O) groups is 1. The molecule has 0 saturated heterocycles. The second-order valence-corrected chi connectivity index (χ2v) is 9.31. The molecule has 5 rings (SSSR count). The molecule has 0 atom stereocenters. The smallest absolute Gasteiger partial charge is 0.261 e. The molecule has 0 spiro atoms. The number of nitrogens with one attached hydrogen (secondary N) is 2. The van der Waals surface area contributed by atoms with E-state index in [2.05, 4.69) is 24.8 Å². The number of sulfonamides is 1. The van der Waals surface area contributed by atoms with Crippen LogP contribution in [0.2, 0.25) is 0 Å². The molecule has 30 heavy (non-hydrogen) atoms. The topological polar surface area (TPSA) is 106 Å². The van der Waals surface area contributed by atoms with Crippen molar-refractivity contribution < 1.29 is 13.2 Å². The van der Waals surface area contributed by atoms with Crippen molar-refractivity contribution in [1.29, 1.82) is 0 Å². The van der Waals surface area contributed by atoms with Gasteiger partial charge in [0.05, 0.1) is 11.3 Å². The summed E-state index contributed by atoms with van der Waals surface area (Å²) < 4.78 is 30.3. The first-order valence-electron chi connectivity index (χ1n) is 9.98. The third-order valence-corrected chi connectivity index (χ3v) is 6.90. The summed E-state index contributed by atoms with van der Waals surface area (Å²) in [5, 5.41) is 11.4. The van der Waals surface area contributed by atoms with E-state index in [1.165, 1.54) is 18.6 Å². The van der Waals surface area contributed by atoms with Crippen molar-refractivity contribution in [1.82, 2.24) is 14.8 Å². The van der Waals surface area contributed by atoms with Crippen LogP contribution in [0.1, 0.15) is 30.7 Å². The minimum atomic E-state index is -3.76. The number of hydrogen-bond donors (Lipinski definition) is 2. The lowest BCUT2D eigenvalue weighted by Gasteiger charge is -2.11. The Balaban J connectivity index is 1.37. The molecule has 8 nitrogen and oxygen atoms in total. The van der Waals surface area contributed by atoms with E-state index in [-0.39, 0.29) is 17.2 Å². The molecule has 2 aromatic carbocycles. The number of anilines is 2. The van der Waals surface area contributed by atoms with Crippen molar-refractivity contribution in [2.45, 2.75) is 43.5 Å². The first-order chi connectivity index (χ1) is 14.5. The van der Waals surface area contributed by atoms with Crippen molar-refractivity contribution >= 4 is 27.3 Å². The van der Waals surface area contributed by atoms with Gasteiger partial charge >= 0.3 is 0 Å². The summed E-state index contributed by atoms with van der Waals surface area (Å²) in [5.74, 6) is 1.70. The average molecular weight is 423 g/mol. The molecule has 3 aromatic rings. The second kappa shape index (κ2) is 7.24. The normalized spacial score (nSPS) is 15.8. The second-order valence-electron chi connectivity index (χ2n) is 7.63. The molecule has 2 N–H and O–H groups in total. The Hall–Kier alpha value is -3.20. The van der Waals surface area contributed by atoms with Gasteiger partial charge in [-0.25, -0.2) is 8.42 Å². The van der Waals surface area contributed by atoms with Gasteiger partial charge in [-0.05, 0) is 60.9 Å². The summed E-state index contributed by atoms with van der Waals surface area (Å²) in [6.07, 6.45) is 4.56. The number of hydrogen-bond acceptors (Lipinski definition) is 5. The molecular formula is C21H21N5O3S. The van der Waals surface area contributed by atoms with Crippen LogP contribution in [0.15, 0.2) is 47.4 Å². The molecule has 0 fully saturated rings. The Morgan fingerprint density at radius 1 is 1.00 bits per heavy atom. The molecular weight excluding hydrogens is 402 g/mol. The summed E-state index contributed by atoms with van der Waals surface area (Å²) in [6, 6.07) is 11.8. The molecule has 2 aliphatic heterocycles. The van der Waals surface area contributed by atoms with E-state index >= 15 is 0 Å². The molecule has 0 radical (unpaired) electrons. The highest BCUT2D eigenvalue weighted by Crippen LogP contribution is 2.28. The summed E-state index contributed by atoms with van der Waals surface area (Å²) in [4.78, 5) is 11.6. The van der Waals surface area contributed by atoms with Gasteiger partial charge in [-0.3, -0.25) is 9.52 Å². The van der Waals surface area contributed by atoms with E-state index in [1.807, 2.05) is 12.1 Å². The third-order valence-electron chi connectivity index (χ3n) is 5.52. The number of rotatable bonds is 4. The van der Waals surface area contributed by atoms with Gasteiger partial charge < -0.3 is 9.88 Å². The van der Waals surface area contributed by atoms with Gasteiger partial charge in [0.25, 0.3) is 10.0 Å². The van der Waals surface area contributed by atoms with Crippen LogP contribution in [0.5, 0.6) is 0 Å². The Morgan fingerprint density at radius 3 is 2.67 bits per heavy atom. The van der Waals surface area contributed by atoms with Gasteiger partial charge in [-0.2, -0.15) is 0 Å². The zero-order chi connectivity index (χ0) is 20.7. The Labute approximate surface area is 174 Å². The number of fused-ring (bicyclic) bond motifs is 2. The van der Waals surface area contributed by atoms with Gasteiger partial charge in [-0.15, -0.1) is 10.2 Å². The quantitative estimate of drug-likeness (QED) is 0.671. The lowest BCUT2D eigenvalue weighted by Crippen LogP contribution is -2.13. The van der Waals surface area contributed by atoms with E-state index < -0.39 is 10.0 Å². The third kappa shape index (κ3) is 3.45. The van der Waals surface area contributed by atoms with Crippen molar-refractivity contribution in [3.05, 3.63) is 53.9 Å². The van der Waals surface area contributed by atoms with Crippen LogP contribution >= 0.6 is 0 Å². The van der Waals surface area contributed by atoms with Crippen LogP contribution in [-0.4, -0.2) is 29.1 Å². The predicted octanol–water partition coefficient (Wildman–Crippen LogP) is 2.97. The van der Waals surface area contributed by atoms with Gasteiger partial charge in [0.1, 0.15) is 5.82 Å².